The molecule has 0 bridgehead atoms. The van der Waals surface area contributed by atoms with Crippen LogP contribution in [0.15, 0.2) is 29.2 Å². The summed E-state index contributed by atoms with van der Waals surface area (Å²) in [6.45, 7) is 0. The van der Waals surface area contributed by atoms with E-state index in [0.717, 1.165) is 12.1 Å². The van der Waals surface area contributed by atoms with Crippen molar-refractivity contribution in [3.63, 3.8) is 0 Å². The van der Waals surface area contributed by atoms with Gasteiger partial charge in [-0.1, -0.05) is 6.07 Å². The van der Waals surface area contributed by atoms with Crippen LogP contribution in [-0.2, 0) is 16.3 Å². The molecule has 0 N–H and O–H groups in total. The van der Waals surface area contributed by atoms with Crippen LogP contribution in [0.25, 0.3) is 0 Å². The molecule has 0 saturated carbocycles. The van der Waals surface area contributed by atoms with Crippen molar-refractivity contribution in [2.75, 3.05) is 0 Å². The molecule has 0 heterocycles. The summed E-state index contributed by atoms with van der Waals surface area (Å²) in [5, 5.41) is 0. The van der Waals surface area contributed by atoms with Gasteiger partial charge in [-0.05, 0) is 18.2 Å². The smallest absolute Gasteiger partial charge is 0.744 e. The Kier molecular flexibility index (Phi) is 4.81. The molecule has 1 aromatic rings. The van der Waals surface area contributed by atoms with Gasteiger partial charge in [0, 0.05) is 0 Å². The Morgan fingerprint density at radius 3 is 2.13 bits per heavy atom. The molecular weight excluding hydrogens is 244 g/mol. The summed E-state index contributed by atoms with van der Waals surface area (Å²) in [4.78, 5) is -0.882. The minimum atomic E-state index is -4.84. The SMILES string of the molecule is O=S(=O)([O-])c1cccc(C(F)(F)F)c1.[Na+]. The third-order valence-electron chi connectivity index (χ3n) is 1.45. The minimum Gasteiger partial charge on any atom is -0.744 e. The first-order chi connectivity index (χ1) is 6.21. The zero-order valence-electron chi connectivity index (χ0n) is 7.58. The van der Waals surface area contributed by atoms with E-state index in [0.29, 0.717) is 12.1 Å². The fourth-order valence-corrected chi connectivity index (χ4v) is 1.34. The standard InChI is InChI=1S/C7H5F3O3S.Na/c8-7(9,10)5-2-1-3-6(4-5)14(11,12)13;/h1-4H,(H,11,12,13);/q;+1/p-1. The summed E-state index contributed by atoms with van der Waals surface area (Å²) in [5.41, 5.74) is -1.16. The Morgan fingerprint density at radius 2 is 1.73 bits per heavy atom. The molecule has 0 aliphatic rings. The van der Waals surface area contributed by atoms with Gasteiger partial charge in [-0.15, -0.1) is 0 Å². The predicted molar refractivity (Wildman–Crippen MR) is 39.4 cm³/mol. The van der Waals surface area contributed by atoms with Crippen LogP contribution in [0.3, 0.4) is 0 Å². The van der Waals surface area contributed by atoms with Crippen LogP contribution in [0.4, 0.5) is 13.2 Å². The second-order valence-electron chi connectivity index (χ2n) is 2.48. The zero-order chi connectivity index (χ0) is 11.0. The first-order valence-corrected chi connectivity index (χ1v) is 4.75. The molecule has 3 nitrogen and oxygen atoms in total. The third-order valence-corrected chi connectivity index (χ3v) is 2.28. The molecule has 8 heteroatoms. The molecule has 0 radical (unpaired) electrons. The van der Waals surface area contributed by atoms with Crippen LogP contribution < -0.4 is 29.6 Å². The molecular formula is C7H4F3NaO3S. The molecule has 1 rings (SSSR count). The van der Waals surface area contributed by atoms with Crippen LogP contribution in [0.1, 0.15) is 5.56 Å². The van der Waals surface area contributed by atoms with Crippen molar-refractivity contribution in [3.05, 3.63) is 29.8 Å². The topological polar surface area (TPSA) is 57.2 Å². The molecule has 0 aliphatic heterocycles. The molecule has 0 spiro atoms. The molecule has 0 fully saturated rings. The first-order valence-electron chi connectivity index (χ1n) is 3.34. The van der Waals surface area contributed by atoms with Gasteiger partial charge in [0.05, 0.1) is 10.5 Å². The normalized spacial score (nSPS) is 12.0. The van der Waals surface area contributed by atoms with Gasteiger partial charge >= 0.3 is 35.7 Å². The quantitative estimate of drug-likeness (QED) is 0.454. The molecule has 1 aromatic carbocycles. The van der Waals surface area contributed by atoms with E-state index >= 15 is 0 Å². The Hall–Kier alpha value is -0.0800. The second-order valence-corrected chi connectivity index (χ2v) is 3.86. The second kappa shape index (κ2) is 4.84. The fraction of sp³-hybridized carbons (Fsp3) is 0.143. The van der Waals surface area contributed by atoms with Gasteiger partial charge < -0.3 is 4.55 Å². The van der Waals surface area contributed by atoms with Crippen LogP contribution >= 0.6 is 0 Å². The van der Waals surface area contributed by atoms with Gasteiger partial charge in [-0.2, -0.15) is 13.2 Å². The van der Waals surface area contributed by atoms with E-state index in [4.69, 9.17) is 0 Å². The average Bonchev–Trinajstić information content (AvgIpc) is 2.01. The van der Waals surface area contributed by atoms with E-state index in [2.05, 4.69) is 0 Å². The summed E-state index contributed by atoms with van der Waals surface area (Å²) in [5.74, 6) is 0. The van der Waals surface area contributed by atoms with E-state index in [9.17, 15) is 26.1 Å². The third kappa shape index (κ3) is 4.12. The number of alkyl halides is 3. The van der Waals surface area contributed by atoms with Crippen molar-refractivity contribution in [3.8, 4) is 0 Å². The number of hydrogen-bond donors (Lipinski definition) is 0. The van der Waals surface area contributed by atoms with E-state index in [1.807, 2.05) is 0 Å². The van der Waals surface area contributed by atoms with Gasteiger partial charge in [0.25, 0.3) is 0 Å². The van der Waals surface area contributed by atoms with Crippen molar-refractivity contribution in [2.24, 2.45) is 0 Å². The summed E-state index contributed by atoms with van der Waals surface area (Å²) in [7, 11) is -4.84. The van der Waals surface area contributed by atoms with E-state index in [1.54, 1.807) is 0 Å². The van der Waals surface area contributed by atoms with Gasteiger partial charge in [0.1, 0.15) is 10.1 Å². The fourth-order valence-electron chi connectivity index (χ4n) is 0.828. The molecule has 0 amide bonds. The van der Waals surface area contributed by atoms with Gasteiger partial charge in [-0.25, -0.2) is 8.42 Å². The van der Waals surface area contributed by atoms with Crippen molar-refractivity contribution in [2.45, 2.75) is 11.1 Å². The molecule has 0 unspecified atom stereocenters. The first kappa shape index (κ1) is 14.9. The van der Waals surface area contributed by atoms with E-state index in [-0.39, 0.29) is 29.6 Å². The Bertz CT molecular complexity index is 441. The maximum absolute atomic E-state index is 12.1. The van der Waals surface area contributed by atoms with Gasteiger partial charge in [0.2, 0.25) is 0 Å². The largest absolute Gasteiger partial charge is 1.00 e. The van der Waals surface area contributed by atoms with Crippen molar-refractivity contribution in [1.82, 2.24) is 0 Å². The number of rotatable bonds is 1. The molecule has 0 saturated heterocycles. The van der Waals surface area contributed by atoms with E-state index in [1.165, 1.54) is 0 Å². The molecule has 78 valence electrons. The van der Waals surface area contributed by atoms with Crippen LogP contribution in [0.2, 0.25) is 0 Å². The van der Waals surface area contributed by atoms with Crippen LogP contribution in [-0.4, -0.2) is 13.0 Å². The maximum atomic E-state index is 12.1. The van der Waals surface area contributed by atoms with Gasteiger partial charge in [-0.3, -0.25) is 0 Å². The molecule has 0 atom stereocenters. The number of halogens is 3. The van der Waals surface area contributed by atoms with Crippen LogP contribution in [0.5, 0.6) is 0 Å². The number of hydrogen-bond acceptors (Lipinski definition) is 3. The van der Waals surface area contributed by atoms with E-state index < -0.39 is 26.8 Å². The number of benzene rings is 1. The summed E-state index contributed by atoms with van der Waals surface area (Å²) in [6.07, 6.45) is -4.65. The average molecular weight is 248 g/mol. The molecule has 0 aromatic heterocycles. The summed E-state index contributed by atoms with van der Waals surface area (Å²) in [6, 6.07) is 2.68. The van der Waals surface area contributed by atoms with Crippen molar-refractivity contribution < 1.29 is 55.7 Å². The molecule has 0 aliphatic carbocycles. The minimum absolute atomic E-state index is 0. The zero-order valence-corrected chi connectivity index (χ0v) is 10.4. The molecule has 15 heavy (non-hydrogen) atoms. The summed E-state index contributed by atoms with van der Waals surface area (Å²) >= 11 is 0. The predicted octanol–water partition coefficient (Wildman–Crippen LogP) is -1.39. The Balaban J connectivity index is 0.00000196. The van der Waals surface area contributed by atoms with Gasteiger partial charge in [0.15, 0.2) is 0 Å². The van der Waals surface area contributed by atoms with Crippen LogP contribution in [0, 0.1) is 0 Å². The Morgan fingerprint density at radius 1 is 1.20 bits per heavy atom. The Labute approximate surface area is 106 Å². The van der Waals surface area contributed by atoms with Crippen molar-refractivity contribution in [1.29, 1.82) is 0 Å². The maximum Gasteiger partial charge on any atom is 1.00 e. The summed E-state index contributed by atoms with van der Waals surface area (Å²) < 4.78 is 67.3. The monoisotopic (exact) mass is 248 g/mol. The van der Waals surface area contributed by atoms with Crippen molar-refractivity contribution >= 4 is 10.1 Å².